The molecule has 2 N–H and O–H groups in total. The summed E-state index contributed by atoms with van der Waals surface area (Å²) < 4.78 is 25.4. The average molecular weight is 244 g/mol. The molecular weight excluding hydrogens is 228 g/mol. The number of nitrogens with one attached hydrogen (secondary N) is 1. The van der Waals surface area contributed by atoms with Crippen LogP contribution in [0.4, 0.5) is 0 Å². The van der Waals surface area contributed by atoms with E-state index in [0.29, 0.717) is 13.0 Å². The minimum atomic E-state index is -3.41. The zero-order chi connectivity index (χ0) is 12.0. The number of sulfonamides is 1. The molecule has 0 fully saturated rings. The van der Waals surface area contributed by atoms with E-state index in [0.717, 1.165) is 5.69 Å². The van der Waals surface area contributed by atoms with E-state index < -0.39 is 15.3 Å². The van der Waals surface area contributed by atoms with Gasteiger partial charge in [-0.3, -0.25) is 4.98 Å². The number of aliphatic hydroxyl groups excluding tert-OH is 1. The van der Waals surface area contributed by atoms with E-state index in [-0.39, 0.29) is 6.61 Å². The molecule has 0 aliphatic heterocycles. The Hall–Kier alpha value is -0.980. The van der Waals surface area contributed by atoms with Crippen LogP contribution in [0, 0.1) is 0 Å². The summed E-state index contributed by atoms with van der Waals surface area (Å²) in [5, 5.41) is 7.97. The fourth-order valence-corrected chi connectivity index (χ4v) is 1.98. The number of pyridine rings is 1. The quantitative estimate of drug-likeness (QED) is 0.734. The molecule has 1 aromatic heterocycles. The van der Waals surface area contributed by atoms with Crippen LogP contribution in [0.1, 0.15) is 12.6 Å². The van der Waals surface area contributed by atoms with Crippen molar-refractivity contribution >= 4 is 10.0 Å². The van der Waals surface area contributed by atoms with Gasteiger partial charge in [-0.25, -0.2) is 13.1 Å². The molecule has 0 amide bonds. The predicted molar refractivity (Wildman–Crippen MR) is 61.4 cm³/mol. The van der Waals surface area contributed by atoms with Crippen LogP contribution in [0.2, 0.25) is 0 Å². The van der Waals surface area contributed by atoms with Crippen LogP contribution < -0.4 is 4.72 Å². The molecule has 1 aromatic rings. The first-order valence-electron chi connectivity index (χ1n) is 5.05. The third-order valence-corrected chi connectivity index (χ3v) is 4.01. The van der Waals surface area contributed by atoms with Gasteiger partial charge < -0.3 is 5.11 Å². The maximum atomic E-state index is 11.5. The molecule has 0 bridgehead atoms. The molecule has 0 spiro atoms. The molecule has 0 aliphatic carbocycles. The summed E-state index contributed by atoms with van der Waals surface area (Å²) in [7, 11) is -3.41. The lowest BCUT2D eigenvalue weighted by Crippen LogP contribution is -2.35. The van der Waals surface area contributed by atoms with Crippen molar-refractivity contribution in [3.05, 3.63) is 30.1 Å². The normalized spacial score (nSPS) is 13.6. The van der Waals surface area contributed by atoms with Crippen LogP contribution in [-0.4, -0.2) is 36.9 Å². The average Bonchev–Trinajstić information content (AvgIpc) is 2.29. The largest absolute Gasteiger partial charge is 0.395 e. The predicted octanol–water partition coefficient (Wildman–Crippen LogP) is -0.0757. The molecule has 0 aliphatic rings. The van der Waals surface area contributed by atoms with E-state index >= 15 is 0 Å². The summed E-state index contributed by atoms with van der Waals surface area (Å²) in [5.74, 6) is 0. The Kier molecular flexibility index (Phi) is 4.85. The lowest BCUT2D eigenvalue weighted by atomic mass is 10.3. The van der Waals surface area contributed by atoms with Gasteiger partial charge in [-0.1, -0.05) is 6.07 Å². The van der Waals surface area contributed by atoms with Crippen molar-refractivity contribution in [2.24, 2.45) is 0 Å². The lowest BCUT2D eigenvalue weighted by molar-refractivity contribution is 0.295. The first-order chi connectivity index (χ1) is 7.56. The molecule has 1 atom stereocenters. The minimum absolute atomic E-state index is 0.295. The van der Waals surface area contributed by atoms with E-state index in [9.17, 15) is 8.42 Å². The molecule has 6 heteroatoms. The van der Waals surface area contributed by atoms with Crippen molar-refractivity contribution in [3.8, 4) is 0 Å². The van der Waals surface area contributed by atoms with Gasteiger partial charge in [0.15, 0.2) is 0 Å². The van der Waals surface area contributed by atoms with Crippen LogP contribution >= 0.6 is 0 Å². The summed E-state index contributed by atoms with van der Waals surface area (Å²) in [4.78, 5) is 4.08. The molecule has 1 heterocycles. The molecule has 1 rings (SSSR count). The first kappa shape index (κ1) is 13.1. The van der Waals surface area contributed by atoms with Crippen LogP contribution in [-0.2, 0) is 16.4 Å². The maximum Gasteiger partial charge on any atom is 0.216 e. The SMILES string of the molecule is CC(CO)S(=O)(=O)NCCc1ccccn1. The lowest BCUT2D eigenvalue weighted by Gasteiger charge is -2.10. The zero-order valence-electron chi connectivity index (χ0n) is 9.13. The second kappa shape index (κ2) is 5.93. The topological polar surface area (TPSA) is 79.3 Å². The van der Waals surface area contributed by atoms with Crippen LogP contribution in [0.5, 0.6) is 0 Å². The smallest absolute Gasteiger partial charge is 0.216 e. The summed E-state index contributed by atoms with van der Waals surface area (Å²) in [6.07, 6.45) is 2.21. The van der Waals surface area contributed by atoms with Gasteiger partial charge in [-0.05, 0) is 19.1 Å². The third kappa shape index (κ3) is 3.88. The Morgan fingerprint density at radius 2 is 2.25 bits per heavy atom. The standard InChI is InChI=1S/C10H16N2O3S/c1-9(8-13)16(14,15)12-7-5-10-4-2-3-6-11-10/h2-4,6,9,12-13H,5,7-8H2,1H3. The molecule has 0 saturated carbocycles. The monoisotopic (exact) mass is 244 g/mol. The van der Waals surface area contributed by atoms with Gasteiger partial charge in [0.1, 0.15) is 0 Å². The van der Waals surface area contributed by atoms with Gasteiger partial charge in [0.25, 0.3) is 0 Å². The Morgan fingerprint density at radius 3 is 2.81 bits per heavy atom. The highest BCUT2D eigenvalue weighted by Gasteiger charge is 2.18. The van der Waals surface area contributed by atoms with Gasteiger partial charge in [0.05, 0.1) is 11.9 Å². The summed E-state index contributed by atoms with van der Waals surface area (Å²) in [6, 6.07) is 5.50. The van der Waals surface area contributed by atoms with Gasteiger partial charge in [0.2, 0.25) is 10.0 Å². The number of rotatable bonds is 6. The highest BCUT2D eigenvalue weighted by molar-refractivity contribution is 7.90. The number of aliphatic hydroxyl groups is 1. The third-order valence-electron chi connectivity index (χ3n) is 2.20. The first-order valence-corrected chi connectivity index (χ1v) is 6.60. The molecule has 0 saturated heterocycles. The minimum Gasteiger partial charge on any atom is -0.395 e. The second-order valence-electron chi connectivity index (χ2n) is 3.50. The number of nitrogens with zero attached hydrogens (tertiary/aromatic N) is 1. The summed E-state index contributed by atoms with van der Waals surface area (Å²) >= 11 is 0. The summed E-state index contributed by atoms with van der Waals surface area (Å²) in [5.41, 5.74) is 0.835. The van der Waals surface area contributed by atoms with Gasteiger partial charge in [-0.2, -0.15) is 0 Å². The fourth-order valence-electron chi connectivity index (χ4n) is 1.11. The fraction of sp³-hybridized carbons (Fsp3) is 0.500. The Labute approximate surface area is 95.6 Å². The van der Waals surface area contributed by atoms with Gasteiger partial charge in [-0.15, -0.1) is 0 Å². The number of aromatic nitrogens is 1. The molecule has 5 nitrogen and oxygen atoms in total. The molecule has 1 unspecified atom stereocenters. The number of hydrogen-bond donors (Lipinski definition) is 2. The van der Waals surface area contributed by atoms with Crippen LogP contribution in [0.15, 0.2) is 24.4 Å². The van der Waals surface area contributed by atoms with E-state index in [4.69, 9.17) is 5.11 Å². The van der Waals surface area contributed by atoms with Crippen molar-refractivity contribution < 1.29 is 13.5 Å². The molecule has 16 heavy (non-hydrogen) atoms. The highest BCUT2D eigenvalue weighted by atomic mass is 32.2. The summed E-state index contributed by atoms with van der Waals surface area (Å²) in [6.45, 7) is 1.38. The maximum absolute atomic E-state index is 11.5. The Morgan fingerprint density at radius 1 is 1.50 bits per heavy atom. The van der Waals surface area contributed by atoms with E-state index in [2.05, 4.69) is 9.71 Å². The molecule has 0 radical (unpaired) electrons. The van der Waals surface area contributed by atoms with Gasteiger partial charge >= 0.3 is 0 Å². The van der Waals surface area contributed by atoms with E-state index in [1.165, 1.54) is 6.92 Å². The van der Waals surface area contributed by atoms with Crippen molar-refractivity contribution in [1.29, 1.82) is 0 Å². The van der Waals surface area contributed by atoms with Crippen LogP contribution in [0.3, 0.4) is 0 Å². The highest BCUT2D eigenvalue weighted by Crippen LogP contribution is 1.98. The Bertz CT molecular complexity index is 405. The number of hydrogen-bond acceptors (Lipinski definition) is 4. The van der Waals surface area contributed by atoms with E-state index in [1.807, 2.05) is 18.2 Å². The van der Waals surface area contributed by atoms with Crippen molar-refractivity contribution in [3.63, 3.8) is 0 Å². The zero-order valence-corrected chi connectivity index (χ0v) is 9.94. The Balaban J connectivity index is 2.42. The second-order valence-corrected chi connectivity index (χ2v) is 5.69. The molecule has 0 aromatic carbocycles. The van der Waals surface area contributed by atoms with Gasteiger partial charge in [0, 0.05) is 24.9 Å². The van der Waals surface area contributed by atoms with Crippen molar-refractivity contribution in [1.82, 2.24) is 9.71 Å². The molecule has 90 valence electrons. The molecular formula is C10H16N2O3S. The van der Waals surface area contributed by atoms with Crippen molar-refractivity contribution in [2.75, 3.05) is 13.2 Å². The van der Waals surface area contributed by atoms with E-state index in [1.54, 1.807) is 6.20 Å². The van der Waals surface area contributed by atoms with Crippen LogP contribution in [0.25, 0.3) is 0 Å². The van der Waals surface area contributed by atoms with Crippen molar-refractivity contribution in [2.45, 2.75) is 18.6 Å².